The maximum Gasteiger partial charge on any atom is 0.0215 e. The van der Waals surface area contributed by atoms with Crippen molar-refractivity contribution >= 4 is 0 Å². The van der Waals surface area contributed by atoms with Crippen LogP contribution in [0.15, 0.2) is 194 Å². The fourth-order valence-corrected chi connectivity index (χ4v) is 9.33. The lowest BCUT2D eigenvalue weighted by molar-refractivity contribution is 0.353. The highest BCUT2D eigenvalue weighted by Crippen LogP contribution is 2.57. The number of hydrogen-bond acceptors (Lipinski definition) is 0. The minimum absolute atomic E-state index is 0.0214. The Labute approximate surface area is 319 Å². The van der Waals surface area contributed by atoms with Crippen molar-refractivity contribution in [2.45, 2.75) is 37.5 Å². The summed E-state index contributed by atoms with van der Waals surface area (Å²) in [6, 6.07) is 72.2. The second kappa shape index (κ2) is 13.6. The Bertz CT molecular complexity index is 2300. The molecule has 1 spiro atoms. The minimum atomic E-state index is 0.0214. The summed E-state index contributed by atoms with van der Waals surface area (Å²) in [5.41, 5.74) is 21.0. The van der Waals surface area contributed by atoms with Gasteiger partial charge >= 0.3 is 0 Å². The van der Waals surface area contributed by atoms with Crippen LogP contribution >= 0.6 is 0 Å². The minimum Gasteiger partial charge on any atom is -0.0622 e. The maximum atomic E-state index is 2.56. The molecular weight excluding hydrogens is 649 g/mol. The van der Waals surface area contributed by atoms with Crippen LogP contribution in [0, 0.1) is 0 Å². The Morgan fingerprint density at radius 3 is 0.852 bits per heavy atom. The van der Waals surface area contributed by atoms with Gasteiger partial charge in [0.15, 0.2) is 0 Å². The zero-order chi connectivity index (χ0) is 35.9. The Balaban J connectivity index is 1.11. The van der Waals surface area contributed by atoms with Gasteiger partial charge in [0.1, 0.15) is 0 Å². The van der Waals surface area contributed by atoms with Crippen LogP contribution in [0.5, 0.6) is 0 Å². The Morgan fingerprint density at radius 2 is 0.537 bits per heavy atom. The summed E-state index contributed by atoms with van der Waals surface area (Å²) in [5, 5.41) is 0. The quantitative estimate of drug-likeness (QED) is 0.163. The van der Waals surface area contributed by atoms with Gasteiger partial charge in [-0.05, 0) is 150 Å². The fraction of sp³-hybridized carbons (Fsp3) is 0.111. The van der Waals surface area contributed by atoms with Crippen LogP contribution in [0.4, 0.5) is 0 Å². The molecule has 8 aromatic carbocycles. The molecule has 0 aliphatic heterocycles. The smallest absolute Gasteiger partial charge is 0.0215 e. The molecule has 0 nitrogen and oxygen atoms in total. The molecule has 1 fully saturated rings. The first-order valence-electron chi connectivity index (χ1n) is 19.5. The molecule has 258 valence electrons. The topological polar surface area (TPSA) is 0 Å². The molecule has 10 rings (SSSR count). The predicted octanol–water partition coefficient (Wildman–Crippen LogP) is 14.9. The van der Waals surface area contributed by atoms with Crippen molar-refractivity contribution in [2.24, 2.45) is 0 Å². The molecule has 8 aromatic rings. The molecule has 0 unspecified atom stereocenters. The lowest BCUT2D eigenvalue weighted by Gasteiger charge is -2.36. The van der Waals surface area contributed by atoms with Crippen molar-refractivity contribution in [3.05, 3.63) is 205 Å². The zero-order valence-electron chi connectivity index (χ0n) is 30.5. The normalized spacial score (nSPS) is 14.1. The third-order valence-electron chi connectivity index (χ3n) is 12.0. The highest BCUT2D eigenvalue weighted by Gasteiger charge is 2.44. The summed E-state index contributed by atoms with van der Waals surface area (Å²) < 4.78 is 0. The van der Waals surface area contributed by atoms with Crippen molar-refractivity contribution in [2.75, 3.05) is 0 Å². The summed E-state index contributed by atoms with van der Waals surface area (Å²) in [7, 11) is 0. The summed E-state index contributed by atoms with van der Waals surface area (Å²) >= 11 is 0. The van der Waals surface area contributed by atoms with Gasteiger partial charge in [-0.25, -0.2) is 0 Å². The van der Waals surface area contributed by atoms with E-state index >= 15 is 0 Å². The van der Waals surface area contributed by atoms with E-state index in [1.807, 2.05) is 0 Å². The van der Waals surface area contributed by atoms with E-state index in [1.165, 1.54) is 121 Å². The predicted molar refractivity (Wildman–Crippen MR) is 228 cm³/mol. The van der Waals surface area contributed by atoms with Crippen LogP contribution in [0.25, 0.3) is 77.9 Å². The largest absolute Gasteiger partial charge is 0.0622 e. The van der Waals surface area contributed by atoms with E-state index in [1.54, 1.807) is 0 Å². The van der Waals surface area contributed by atoms with E-state index in [0.29, 0.717) is 0 Å². The molecule has 0 N–H and O–H groups in total. The first-order valence-corrected chi connectivity index (χ1v) is 19.5. The van der Waals surface area contributed by atoms with E-state index < -0.39 is 0 Å². The van der Waals surface area contributed by atoms with Crippen molar-refractivity contribution in [1.29, 1.82) is 0 Å². The lowest BCUT2D eigenvalue weighted by atomic mass is 9.67. The Morgan fingerprint density at radius 1 is 0.241 bits per heavy atom. The number of rotatable bonds is 6. The van der Waals surface area contributed by atoms with Crippen molar-refractivity contribution in [1.82, 2.24) is 0 Å². The maximum absolute atomic E-state index is 2.56. The third-order valence-corrected chi connectivity index (χ3v) is 12.0. The van der Waals surface area contributed by atoms with Gasteiger partial charge < -0.3 is 0 Å². The highest BCUT2D eigenvalue weighted by molar-refractivity contribution is 5.89. The molecule has 0 atom stereocenters. The molecule has 54 heavy (non-hydrogen) atoms. The fourth-order valence-electron chi connectivity index (χ4n) is 9.33. The van der Waals surface area contributed by atoms with Crippen LogP contribution in [0.2, 0.25) is 0 Å². The Hall–Kier alpha value is -6.24. The first kappa shape index (κ1) is 32.4. The van der Waals surface area contributed by atoms with Gasteiger partial charge in [-0.15, -0.1) is 0 Å². The van der Waals surface area contributed by atoms with E-state index in [2.05, 4.69) is 194 Å². The van der Waals surface area contributed by atoms with Crippen LogP contribution < -0.4 is 0 Å². The monoisotopic (exact) mass is 690 g/mol. The van der Waals surface area contributed by atoms with Crippen molar-refractivity contribution in [3.8, 4) is 77.9 Å². The summed E-state index contributed by atoms with van der Waals surface area (Å²) in [6.07, 6.45) is 6.22. The van der Waals surface area contributed by atoms with E-state index in [9.17, 15) is 0 Å². The van der Waals surface area contributed by atoms with E-state index in [-0.39, 0.29) is 5.41 Å². The van der Waals surface area contributed by atoms with Gasteiger partial charge in [-0.3, -0.25) is 0 Å². The molecule has 0 aromatic heterocycles. The summed E-state index contributed by atoms with van der Waals surface area (Å²) in [5.74, 6) is 0. The van der Waals surface area contributed by atoms with Gasteiger partial charge in [0.2, 0.25) is 0 Å². The first-order chi connectivity index (χ1) is 26.7. The molecule has 2 aliphatic carbocycles. The summed E-state index contributed by atoms with van der Waals surface area (Å²) in [4.78, 5) is 0. The van der Waals surface area contributed by atoms with E-state index in [4.69, 9.17) is 0 Å². The van der Waals surface area contributed by atoms with Crippen molar-refractivity contribution in [3.63, 3.8) is 0 Å². The molecule has 1 saturated carbocycles. The average Bonchev–Trinajstić information content (AvgIpc) is 3.52. The van der Waals surface area contributed by atoms with Crippen molar-refractivity contribution < 1.29 is 0 Å². The van der Waals surface area contributed by atoms with Gasteiger partial charge in [0.05, 0.1) is 0 Å². The average molecular weight is 691 g/mol. The standard InChI is InChI=1S/C54H42/c1-6-16-38(17-7-1)44-30-45(39-18-8-2-9-19-39)33-48(32-44)42-24-26-50-51-27-25-43(37-53(51)54(52(50)36-42)28-14-5-15-29-54)49-34-46(40-20-10-3-11-21-40)31-47(35-49)41-22-12-4-13-23-41/h1-4,6-13,16-27,30-37H,5,14-15,28-29H2. The number of benzene rings is 8. The summed E-state index contributed by atoms with van der Waals surface area (Å²) in [6.45, 7) is 0. The molecule has 0 heteroatoms. The van der Waals surface area contributed by atoms with Crippen LogP contribution in [-0.4, -0.2) is 0 Å². The van der Waals surface area contributed by atoms with Crippen LogP contribution in [0.1, 0.15) is 43.2 Å². The van der Waals surface area contributed by atoms with Gasteiger partial charge in [0.25, 0.3) is 0 Å². The zero-order valence-corrected chi connectivity index (χ0v) is 30.5. The van der Waals surface area contributed by atoms with Gasteiger partial charge in [0, 0.05) is 5.41 Å². The Kier molecular flexibility index (Phi) is 8.18. The van der Waals surface area contributed by atoms with Gasteiger partial charge in [-0.2, -0.15) is 0 Å². The molecule has 0 radical (unpaired) electrons. The SMILES string of the molecule is c1ccc(-c2cc(-c3ccccc3)cc(-c3ccc4c(c3)C3(CCCCC3)c3cc(-c5cc(-c6ccccc6)cc(-c6ccccc6)c5)ccc3-4)c2)cc1. The van der Waals surface area contributed by atoms with Crippen LogP contribution in [0.3, 0.4) is 0 Å². The highest BCUT2D eigenvalue weighted by atomic mass is 14.5. The van der Waals surface area contributed by atoms with Gasteiger partial charge in [-0.1, -0.05) is 165 Å². The second-order valence-electron chi connectivity index (χ2n) is 15.2. The third kappa shape index (κ3) is 5.80. The molecule has 2 aliphatic rings. The lowest BCUT2D eigenvalue weighted by Crippen LogP contribution is -2.28. The molecule has 0 bridgehead atoms. The molecule has 0 heterocycles. The number of fused-ring (bicyclic) bond motifs is 5. The molecular formula is C54H42. The number of hydrogen-bond donors (Lipinski definition) is 0. The second-order valence-corrected chi connectivity index (χ2v) is 15.2. The molecule has 0 amide bonds. The molecule has 0 saturated heterocycles. The van der Waals surface area contributed by atoms with E-state index in [0.717, 1.165) is 0 Å². The van der Waals surface area contributed by atoms with Crippen LogP contribution in [-0.2, 0) is 5.41 Å².